The van der Waals surface area contributed by atoms with E-state index in [-0.39, 0.29) is 138 Å². The van der Waals surface area contributed by atoms with Crippen molar-refractivity contribution in [1.82, 2.24) is 0 Å². The summed E-state index contributed by atoms with van der Waals surface area (Å²) >= 11 is 0. The molecule has 0 saturated heterocycles. The minimum Gasteiger partial charge on any atom is -0.444 e. The zero-order chi connectivity index (χ0) is 16.2. The van der Waals surface area contributed by atoms with Crippen molar-refractivity contribution >= 4 is 0 Å². The van der Waals surface area contributed by atoms with Gasteiger partial charge in [0.1, 0.15) is 0 Å². The maximum absolute atomic E-state index is 8.00. The maximum atomic E-state index is 8.00. The van der Waals surface area contributed by atoms with E-state index in [0.29, 0.717) is 0 Å². The van der Waals surface area contributed by atoms with Crippen molar-refractivity contribution in [1.29, 1.82) is 0 Å². The third kappa shape index (κ3) is 9720. The summed E-state index contributed by atoms with van der Waals surface area (Å²) in [5.41, 5.74) is 0. The topological polar surface area (TPSA) is 315 Å². The summed E-state index contributed by atoms with van der Waals surface area (Å²) in [7, 11) is 0. The quantitative estimate of drug-likeness (QED) is 0.181. The van der Waals surface area contributed by atoms with Crippen LogP contribution in [0.3, 0.4) is 0 Å². The van der Waals surface area contributed by atoms with Gasteiger partial charge < -0.3 is 60.7 Å². The summed E-state index contributed by atoms with van der Waals surface area (Å²) in [5, 5.41) is 54.0. The van der Waals surface area contributed by atoms with Gasteiger partial charge in [0, 0.05) is 19.5 Å². The molecule has 0 atom stereocenters. The molecular formula is N6Na4O12Rh-2. The van der Waals surface area contributed by atoms with Crippen molar-refractivity contribution in [2.24, 2.45) is 32.0 Å². The second kappa shape index (κ2) is 226. The van der Waals surface area contributed by atoms with Crippen LogP contribution in [-0.4, -0.2) is 0 Å². The van der Waals surface area contributed by atoms with E-state index in [4.69, 9.17) is 60.7 Å². The van der Waals surface area contributed by atoms with Gasteiger partial charge >= 0.3 is 118 Å². The largest absolute Gasteiger partial charge is 1.00 e. The molecule has 0 N–H and O–H groups in total. The molecule has 0 aromatic heterocycles. The van der Waals surface area contributed by atoms with E-state index in [2.05, 4.69) is 0 Å². The van der Waals surface area contributed by atoms with Crippen LogP contribution < -0.4 is 118 Å². The molecule has 0 aliphatic heterocycles. The second-order valence-electron chi connectivity index (χ2n) is 0.447. The van der Waals surface area contributed by atoms with Crippen LogP contribution in [0.25, 0.3) is 0 Å². The molecule has 0 aromatic carbocycles. The Labute approximate surface area is 227 Å². The molecule has 0 spiro atoms. The number of hydrogen-bond acceptors (Lipinski definition) is 18. The fraction of sp³-hybridized carbons (Fsp3) is 0. The fourth-order valence-corrected chi connectivity index (χ4v) is 0. The zero-order valence-electron chi connectivity index (χ0n) is 11.9. The molecule has 1 radical (unpaired) electrons. The zero-order valence-corrected chi connectivity index (χ0v) is 21.6. The first kappa shape index (κ1) is 75.1. The van der Waals surface area contributed by atoms with Crippen LogP contribution in [0.1, 0.15) is 0 Å². The van der Waals surface area contributed by atoms with Gasteiger partial charge in [-0.15, -0.1) is 32.0 Å². The molecule has 0 aliphatic carbocycles. The standard InChI is InChI=1S/6HNO2.4Na.Rh/c6*2-1-3;;;;;/h6*(H,2,3);;;;;/q;;;;;;4*+1;/p-6. The van der Waals surface area contributed by atoms with E-state index in [1.54, 1.807) is 0 Å². The Bertz CT molecular complexity index is 129. The predicted octanol–water partition coefficient (Wildman–Crippen LogP) is -10.5. The van der Waals surface area contributed by atoms with Crippen LogP contribution in [-0.2, 0) is 19.5 Å². The van der Waals surface area contributed by atoms with Gasteiger partial charge in [0.2, 0.25) is 0 Å². The molecule has 0 fully saturated rings. The molecule has 23 heteroatoms. The Kier molecular flexibility index (Phi) is 739. The smallest absolute Gasteiger partial charge is 0.444 e. The van der Waals surface area contributed by atoms with E-state index in [0.717, 1.165) is 32.0 Å². The Morgan fingerprint density at radius 2 is 0.348 bits per heavy atom. The van der Waals surface area contributed by atoms with Crippen LogP contribution >= 0.6 is 0 Å². The molecule has 0 amide bonds. The summed E-state index contributed by atoms with van der Waals surface area (Å²) in [6, 6.07) is 0. The van der Waals surface area contributed by atoms with Gasteiger partial charge in [0.05, 0.1) is 0 Å². The second-order valence-corrected chi connectivity index (χ2v) is 0.447. The molecule has 0 aliphatic rings. The van der Waals surface area contributed by atoms with Crippen molar-refractivity contribution in [3.63, 3.8) is 0 Å². The number of hydrogen-bond donors (Lipinski definition) is 0. The summed E-state index contributed by atoms with van der Waals surface area (Å²) in [4.78, 5) is 48.0. The Balaban J connectivity index is -0.00000000800. The van der Waals surface area contributed by atoms with Crippen molar-refractivity contribution in [3.8, 4) is 0 Å². The number of nitrogens with zero attached hydrogens (tertiary/aromatic N) is 6. The Morgan fingerprint density at radius 1 is 0.348 bits per heavy atom. The van der Waals surface area contributed by atoms with Crippen molar-refractivity contribution in [2.45, 2.75) is 0 Å². The van der Waals surface area contributed by atoms with E-state index in [1.807, 2.05) is 0 Å². The molecule has 0 aromatic rings. The third-order valence-electron chi connectivity index (χ3n) is 0. The van der Waals surface area contributed by atoms with Crippen molar-refractivity contribution in [2.75, 3.05) is 0 Å². The predicted molar refractivity (Wildman–Crippen MR) is 55.0 cm³/mol. The first-order valence-electron chi connectivity index (χ1n) is 2.19. The average molecular weight is 471 g/mol. The average Bonchev–Trinajstić information content (AvgIpc) is 2.23. The van der Waals surface area contributed by atoms with Crippen molar-refractivity contribution in [3.05, 3.63) is 60.7 Å². The summed E-state index contributed by atoms with van der Waals surface area (Å²) in [6.45, 7) is 0. The molecular weight excluding hydrogens is 471 g/mol. The van der Waals surface area contributed by atoms with Crippen LogP contribution in [0.4, 0.5) is 0 Å². The number of rotatable bonds is 0. The van der Waals surface area contributed by atoms with Crippen LogP contribution in [0.5, 0.6) is 0 Å². The minimum absolute atomic E-state index is 0. The molecule has 0 saturated carbocycles. The normalized spacial score (nSPS) is 3.13. The van der Waals surface area contributed by atoms with E-state index < -0.39 is 0 Å². The first-order valence-corrected chi connectivity index (χ1v) is 2.19. The molecule has 0 unspecified atom stereocenters. The molecule has 23 heavy (non-hydrogen) atoms. The minimum atomic E-state index is 0. The SMILES string of the molecule is O=N[O-].O=N[O-].O=N[O-].O=N[O-].O=N[O-].O=N[O-].[Na+].[Na+].[Na+].[Na+].[Rh]. The molecule has 0 heterocycles. The van der Waals surface area contributed by atoms with Gasteiger partial charge in [-0.2, -0.15) is 0 Å². The van der Waals surface area contributed by atoms with Crippen LogP contribution in [0.2, 0.25) is 0 Å². The third-order valence-corrected chi connectivity index (χ3v) is 0. The molecule has 117 valence electrons. The van der Waals surface area contributed by atoms with Gasteiger partial charge in [-0.25, -0.2) is 0 Å². The summed E-state index contributed by atoms with van der Waals surface area (Å²) in [6.07, 6.45) is 0. The maximum Gasteiger partial charge on any atom is 1.00 e. The van der Waals surface area contributed by atoms with Gasteiger partial charge in [0.25, 0.3) is 0 Å². The molecule has 0 bridgehead atoms. The van der Waals surface area contributed by atoms with E-state index in [9.17, 15) is 0 Å². The van der Waals surface area contributed by atoms with Gasteiger partial charge in [0.15, 0.2) is 0 Å². The van der Waals surface area contributed by atoms with Crippen molar-refractivity contribution < 1.29 is 138 Å². The van der Waals surface area contributed by atoms with E-state index in [1.165, 1.54) is 0 Å². The van der Waals surface area contributed by atoms with Gasteiger partial charge in [-0.3, -0.25) is 0 Å². The van der Waals surface area contributed by atoms with Crippen LogP contribution in [0.15, 0.2) is 32.0 Å². The van der Waals surface area contributed by atoms with E-state index >= 15 is 0 Å². The monoisotopic (exact) mass is 471 g/mol. The Morgan fingerprint density at radius 3 is 0.348 bits per heavy atom. The summed E-state index contributed by atoms with van der Waals surface area (Å²) < 4.78 is 0. The molecule has 0 rings (SSSR count). The fourth-order valence-electron chi connectivity index (χ4n) is 0. The summed E-state index contributed by atoms with van der Waals surface area (Å²) in [5.74, 6) is 0. The van der Waals surface area contributed by atoms with Gasteiger partial charge in [-0.1, -0.05) is 0 Å². The Hall–Kier alpha value is 1.02. The molecule has 18 nitrogen and oxygen atoms in total. The first-order chi connectivity index (χ1) is 8.49. The van der Waals surface area contributed by atoms with Gasteiger partial charge in [-0.05, 0) is 0 Å². The van der Waals surface area contributed by atoms with Crippen LogP contribution in [0, 0.1) is 60.7 Å².